The van der Waals surface area contributed by atoms with Crippen LogP contribution in [0.5, 0.6) is 5.75 Å². The highest BCUT2D eigenvalue weighted by molar-refractivity contribution is 5.87. The van der Waals surface area contributed by atoms with Crippen molar-refractivity contribution in [1.29, 1.82) is 0 Å². The number of ether oxygens (including phenoxy) is 1. The molecule has 0 bridgehead atoms. The summed E-state index contributed by atoms with van der Waals surface area (Å²) < 4.78 is 19.3. The normalized spacial score (nSPS) is 14.5. The lowest BCUT2D eigenvalue weighted by Gasteiger charge is -2.26. The molecule has 0 aliphatic heterocycles. The molecule has 2 aromatic carbocycles. The van der Waals surface area contributed by atoms with Gasteiger partial charge in [-0.3, -0.25) is 4.79 Å². The van der Waals surface area contributed by atoms with Crippen LogP contribution < -0.4 is 15.8 Å². The molecule has 2 unspecified atom stereocenters. The topological polar surface area (TPSA) is 64.4 Å². The molecule has 0 heterocycles. The Morgan fingerprint density at radius 1 is 1.21 bits per heavy atom. The molecule has 0 saturated carbocycles. The molecule has 0 radical (unpaired) electrons. The van der Waals surface area contributed by atoms with Gasteiger partial charge in [-0.2, -0.15) is 0 Å². The van der Waals surface area contributed by atoms with E-state index < -0.39 is 11.4 Å². The Morgan fingerprint density at radius 3 is 2.46 bits per heavy atom. The van der Waals surface area contributed by atoms with Gasteiger partial charge in [-0.05, 0) is 31.0 Å². The van der Waals surface area contributed by atoms with Crippen LogP contribution in [0.1, 0.15) is 25.8 Å². The molecule has 1 amide bonds. The molecule has 2 atom stereocenters. The number of carbonyl (C=O) groups excluding carboxylic acids is 1. The van der Waals surface area contributed by atoms with E-state index in [2.05, 4.69) is 5.32 Å². The largest absolute Gasteiger partial charge is 0.486 e. The van der Waals surface area contributed by atoms with E-state index in [4.69, 9.17) is 10.5 Å². The molecule has 4 nitrogen and oxygen atoms in total. The SMILES string of the molecule is CCC(CNC(=O)C(C)(N)c1ccccc1)Oc1ccccc1F. The fourth-order valence-corrected chi connectivity index (χ4v) is 2.29. The number of para-hydroxylation sites is 1. The second-order valence-corrected chi connectivity index (χ2v) is 5.86. The van der Waals surface area contributed by atoms with E-state index in [1.165, 1.54) is 6.07 Å². The van der Waals surface area contributed by atoms with Gasteiger partial charge in [0, 0.05) is 0 Å². The third-order valence-corrected chi connectivity index (χ3v) is 3.92. The molecule has 5 heteroatoms. The molecule has 0 aromatic heterocycles. The van der Waals surface area contributed by atoms with E-state index in [0.29, 0.717) is 6.42 Å². The van der Waals surface area contributed by atoms with Crippen LogP contribution in [0.2, 0.25) is 0 Å². The summed E-state index contributed by atoms with van der Waals surface area (Å²) in [5.41, 5.74) is 5.76. The van der Waals surface area contributed by atoms with E-state index in [0.717, 1.165) is 5.56 Å². The predicted molar refractivity (Wildman–Crippen MR) is 92.1 cm³/mol. The molecule has 0 aliphatic carbocycles. The van der Waals surface area contributed by atoms with Gasteiger partial charge in [-0.15, -0.1) is 0 Å². The molecule has 0 fully saturated rings. The number of benzene rings is 2. The zero-order chi connectivity index (χ0) is 17.6. The molecule has 3 N–H and O–H groups in total. The van der Waals surface area contributed by atoms with Gasteiger partial charge < -0.3 is 15.8 Å². The first kappa shape index (κ1) is 17.9. The zero-order valence-electron chi connectivity index (χ0n) is 14.0. The highest BCUT2D eigenvalue weighted by atomic mass is 19.1. The van der Waals surface area contributed by atoms with Gasteiger partial charge in [0.25, 0.3) is 0 Å². The van der Waals surface area contributed by atoms with E-state index >= 15 is 0 Å². The number of hydrogen-bond donors (Lipinski definition) is 2. The van der Waals surface area contributed by atoms with Crippen LogP contribution in [-0.4, -0.2) is 18.6 Å². The number of halogens is 1. The minimum atomic E-state index is -1.14. The van der Waals surface area contributed by atoms with Crippen molar-refractivity contribution < 1.29 is 13.9 Å². The molecule has 128 valence electrons. The third kappa shape index (κ3) is 4.32. The molecule has 24 heavy (non-hydrogen) atoms. The average Bonchev–Trinajstić information content (AvgIpc) is 2.60. The fourth-order valence-electron chi connectivity index (χ4n) is 2.29. The van der Waals surface area contributed by atoms with Crippen molar-refractivity contribution in [2.45, 2.75) is 31.9 Å². The number of carbonyl (C=O) groups is 1. The van der Waals surface area contributed by atoms with E-state index in [-0.39, 0.29) is 24.3 Å². The Kier molecular flexibility index (Phi) is 5.93. The first-order valence-electron chi connectivity index (χ1n) is 7.99. The molecular weight excluding hydrogens is 307 g/mol. The van der Waals surface area contributed by atoms with Crippen molar-refractivity contribution in [1.82, 2.24) is 5.32 Å². The molecule has 2 rings (SSSR count). The first-order valence-corrected chi connectivity index (χ1v) is 7.99. The molecule has 2 aromatic rings. The van der Waals surface area contributed by atoms with Crippen LogP contribution in [0.3, 0.4) is 0 Å². The summed E-state index contributed by atoms with van der Waals surface area (Å²) >= 11 is 0. The maximum atomic E-state index is 13.7. The van der Waals surface area contributed by atoms with Crippen molar-refractivity contribution >= 4 is 5.91 Å². The highest BCUT2D eigenvalue weighted by Crippen LogP contribution is 2.19. The third-order valence-electron chi connectivity index (χ3n) is 3.92. The summed E-state index contributed by atoms with van der Waals surface area (Å²) in [4.78, 5) is 12.4. The summed E-state index contributed by atoms with van der Waals surface area (Å²) in [5, 5.41) is 2.80. The predicted octanol–water partition coefficient (Wildman–Crippen LogP) is 2.97. The van der Waals surface area contributed by atoms with Crippen LogP contribution >= 0.6 is 0 Å². The minimum Gasteiger partial charge on any atom is -0.486 e. The molecular formula is C19H23FN2O2. The van der Waals surface area contributed by atoms with E-state index in [9.17, 15) is 9.18 Å². The van der Waals surface area contributed by atoms with Crippen LogP contribution in [0.25, 0.3) is 0 Å². The lowest BCUT2D eigenvalue weighted by atomic mass is 9.92. The number of nitrogens with two attached hydrogens (primary N) is 1. The minimum absolute atomic E-state index is 0.178. The van der Waals surface area contributed by atoms with Crippen molar-refractivity contribution in [2.75, 3.05) is 6.54 Å². The lowest BCUT2D eigenvalue weighted by molar-refractivity contribution is -0.126. The van der Waals surface area contributed by atoms with Crippen LogP contribution in [-0.2, 0) is 10.3 Å². The zero-order valence-corrected chi connectivity index (χ0v) is 14.0. The standard InChI is InChI=1S/C19H23FN2O2/c1-3-15(24-17-12-8-7-11-16(17)20)13-22-18(23)19(2,21)14-9-5-4-6-10-14/h4-12,15H,3,13,21H2,1-2H3,(H,22,23). The smallest absolute Gasteiger partial charge is 0.244 e. The Morgan fingerprint density at radius 2 is 1.83 bits per heavy atom. The Labute approximate surface area is 141 Å². The fraction of sp³-hybridized carbons (Fsp3) is 0.316. The number of rotatable bonds is 7. The van der Waals surface area contributed by atoms with Gasteiger partial charge >= 0.3 is 0 Å². The second kappa shape index (κ2) is 7.93. The maximum Gasteiger partial charge on any atom is 0.244 e. The summed E-state index contributed by atoms with van der Waals surface area (Å²) in [7, 11) is 0. The van der Waals surface area contributed by atoms with Crippen molar-refractivity contribution in [3.05, 3.63) is 66.0 Å². The summed E-state index contributed by atoms with van der Waals surface area (Å²) in [5.74, 6) is -0.545. The van der Waals surface area contributed by atoms with Gasteiger partial charge in [0.2, 0.25) is 5.91 Å². The van der Waals surface area contributed by atoms with Gasteiger partial charge in [0.15, 0.2) is 11.6 Å². The average molecular weight is 330 g/mol. The molecule has 0 saturated heterocycles. The number of amides is 1. The van der Waals surface area contributed by atoms with E-state index in [1.807, 2.05) is 37.3 Å². The van der Waals surface area contributed by atoms with Crippen LogP contribution in [0, 0.1) is 5.82 Å². The van der Waals surface area contributed by atoms with Gasteiger partial charge in [-0.1, -0.05) is 49.4 Å². The van der Waals surface area contributed by atoms with Crippen LogP contribution in [0.4, 0.5) is 4.39 Å². The van der Waals surface area contributed by atoms with Gasteiger partial charge in [0.05, 0.1) is 6.54 Å². The molecule has 0 spiro atoms. The summed E-state index contributed by atoms with van der Waals surface area (Å²) in [6, 6.07) is 15.4. The maximum absolute atomic E-state index is 13.7. The monoisotopic (exact) mass is 330 g/mol. The summed E-state index contributed by atoms with van der Waals surface area (Å²) in [6.45, 7) is 3.83. The quantitative estimate of drug-likeness (QED) is 0.820. The Balaban J connectivity index is 1.97. The Hall–Kier alpha value is -2.40. The highest BCUT2D eigenvalue weighted by Gasteiger charge is 2.30. The first-order chi connectivity index (χ1) is 11.4. The molecule has 0 aliphatic rings. The lowest BCUT2D eigenvalue weighted by Crippen LogP contribution is -2.51. The number of nitrogens with one attached hydrogen (secondary N) is 1. The van der Waals surface area contributed by atoms with Crippen molar-refractivity contribution in [3.8, 4) is 5.75 Å². The second-order valence-electron chi connectivity index (χ2n) is 5.86. The van der Waals surface area contributed by atoms with E-state index in [1.54, 1.807) is 25.1 Å². The Bertz CT molecular complexity index is 674. The van der Waals surface area contributed by atoms with Gasteiger partial charge in [-0.25, -0.2) is 4.39 Å². The van der Waals surface area contributed by atoms with Crippen molar-refractivity contribution in [3.63, 3.8) is 0 Å². The summed E-state index contributed by atoms with van der Waals surface area (Å²) in [6.07, 6.45) is 0.291. The van der Waals surface area contributed by atoms with Crippen molar-refractivity contribution in [2.24, 2.45) is 5.73 Å². The number of hydrogen-bond acceptors (Lipinski definition) is 3. The van der Waals surface area contributed by atoms with Crippen LogP contribution in [0.15, 0.2) is 54.6 Å². The van der Waals surface area contributed by atoms with Gasteiger partial charge in [0.1, 0.15) is 11.6 Å².